The van der Waals surface area contributed by atoms with Gasteiger partial charge in [-0.2, -0.15) is 0 Å². The van der Waals surface area contributed by atoms with E-state index in [2.05, 4.69) is 25.8 Å². The molecule has 0 radical (unpaired) electrons. The molecule has 2 N–H and O–H groups in total. The molecule has 3 rings (SSSR count). The van der Waals surface area contributed by atoms with Crippen LogP contribution in [-0.4, -0.2) is 36.8 Å². The maximum absolute atomic E-state index is 12.4. The lowest BCUT2D eigenvalue weighted by atomic mass is 10.2. The van der Waals surface area contributed by atoms with E-state index >= 15 is 0 Å². The van der Waals surface area contributed by atoms with Gasteiger partial charge in [0.25, 0.3) is 5.91 Å². The van der Waals surface area contributed by atoms with Gasteiger partial charge in [-0.3, -0.25) is 9.59 Å². The maximum atomic E-state index is 12.4. The molecule has 8 nitrogen and oxygen atoms in total. The van der Waals surface area contributed by atoms with Crippen molar-refractivity contribution in [1.82, 2.24) is 25.1 Å². The van der Waals surface area contributed by atoms with E-state index in [1.807, 2.05) is 23.8 Å². The Balaban J connectivity index is 1.61. The number of nitrogens with zero attached hydrogens (tertiary/aromatic N) is 4. The van der Waals surface area contributed by atoms with E-state index < -0.39 is 0 Å². The van der Waals surface area contributed by atoms with E-state index in [0.717, 1.165) is 5.69 Å². The Morgan fingerprint density at radius 2 is 2.00 bits per heavy atom. The highest BCUT2D eigenvalue weighted by atomic mass is 35.5. The molecule has 2 aromatic heterocycles. The SMILES string of the molecule is CCn1c(CNC(=O)c2ccc(Cl)cc2)nnc1SC(C)C(=O)Nc1nc(C)cs1. The number of hydrogen-bond donors (Lipinski definition) is 2. The monoisotopic (exact) mass is 464 g/mol. The van der Waals surface area contributed by atoms with E-state index in [4.69, 9.17) is 11.6 Å². The predicted molar refractivity (Wildman–Crippen MR) is 119 cm³/mol. The minimum absolute atomic E-state index is 0.155. The molecule has 0 saturated carbocycles. The number of nitrogens with one attached hydrogen (secondary N) is 2. The molecule has 158 valence electrons. The summed E-state index contributed by atoms with van der Waals surface area (Å²) in [7, 11) is 0. The number of hydrogen-bond acceptors (Lipinski definition) is 7. The highest BCUT2D eigenvalue weighted by molar-refractivity contribution is 8.00. The van der Waals surface area contributed by atoms with Gasteiger partial charge in [0.15, 0.2) is 16.1 Å². The lowest BCUT2D eigenvalue weighted by Gasteiger charge is -2.12. The second-order valence-electron chi connectivity index (χ2n) is 6.38. The first-order valence-corrected chi connectivity index (χ1v) is 11.4. The van der Waals surface area contributed by atoms with Crippen molar-refractivity contribution >= 4 is 51.6 Å². The molecule has 1 aromatic carbocycles. The van der Waals surface area contributed by atoms with Crippen LogP contribution in [0.15, 0.2) is 34.8 Å². The summed E-state index contributed by atoms with van der Waals surface area (Å²) in [6.07, 6.45) is 0. The van der Waals surface area contributed by atoms with Gasteiger partial charge in [0.2, 0.25) is 5.91 Å². The van der Waals surface area contributed by atoms with Gasteiger partial charge >= 0.3 is 0 Å². The number of amides is 2. The van der Waals surface area contributed by atoms with Crippen LogP contribution in [0.4, 0.5) is 5.13 Å². The summed E-state index contributed by atoms with van der Waals surface area (Å²) in [4.78, 5) is 29.0. The number of anilines is 1. The maximum Gasteiger partial charge on any atom is 0.251 e. The third kappa shape index (κ3) is 5.59. The molecule has 2 amide bonds. The van der Waals surface area contributed by atoms with Crippen molar-refractivity contribution in [3.8, 4) is 0 Å². The molecule has 0 spiro atoms. The largest absolute Gasteiger partial charge is 0.345 e. The molecule has 3 aromatic rings. The second kappa shape index (κ2) is 10.1. The zero-order valence-corrected chi connectivity index (χ0v) is 19.1. The molecular weight excluding hydrogens is 444 g/mol. The van der Waals surface area contributed by atoms with E-state index in [1.54, 1.807) is 31.2 Å². The first-order valence-electron chi connectivity index (χ1n) is 9.23. The van der Waals surface area contributed by atoms with E-state index in [-0.39, 0.29) is 23.6 Å². The average molecular weight is 465 g/mol. The molecule has 11 heteroatoms. The van der Waals surface area contributed by atoms with Gasteiger partial charge in [-0.05, 0) is 45.0 Å². The first-order chi connectivity index (χ1) is 14.4. The van der Waals surface area contributed by atoms with Crippen molar-refractivity contribution in [2.24, 2.45) is 0 Å². The van der Waals surface area contributed by atoms with Crippen molar-refractivity contribution in [3.05, 3.63) is 51.7 Å². The zero-order chi connectivity index (χ0) is 21.7. The van der Waals surface area contributed by atoms with Crippen LogP contribution in [0.2, 0.25) is 5.02 Å². The number of carbonyl (C=O) groups excluding carboxylic acids is 2. The number of carbonyl (C=O) groups is 2. The molecule has 0 saturated heterocycles. The summed E-state index contributed by atoms with van der Waals surface area (Å²) in [6.45, 7) is 6.47. The number of benzene rings is 1. The molecule has 1 atom stereocenters. The van der Waals surface area contributed by atoms with Crippen LogP contribution >= 0.6 is 34.7 Å². The Morgan fingerprint density at radius 1 is 1.27 bits per heavy atom. The quantitative estimate of drug-likeness (QED) is 0.492. The van der Waals surface area contributed by atoms with Crippen LogP contribution in [0.3, 0.4) is 0 Å². The van der Waals surface area contributed by atoms with Gasteiger partial charge in [0, 0.05) is 22.5 Å². The summed E-state index contributed by atoms with van der Waals surface area (Å²) >= 11 is 8.55. The normalized spacial score (nSPS) is 11.9. The number of aryl methyl sites for hydroxylation is 1. The number of aromatic nitrogens is 4. The third-order valence-electron chi connectivity index (χ3n) is 4.12. The van der Waals surface area contributed by atoms with Crippen molar-refractivity contribution in [1.29, 1.82) is 0 Å². The third-order valence-corrected chi connectivity index (χ3v) is 6.33. The van der Waals surface area contributed by atoms with E-state index in [9.17, 15) is 9.59 Å². The molecule has 0 aliphatic rings. The lowest BCUT2D eigenvalue weighted by Crippen LogP contribution is -2.25. The minimum atomic E-state index is -0.389. The first kappa shape index (κ1) is 22.3. The van der Waals surface area contributed by atoms with Crippen LogP contribution in [0.1, 0.15) is 35.7 Å². The average Bonchev–Trinajstić information content (AvgIpc) is 3.31. The number of thiazole rings is 1. The smallest absolute Gasteiger partial charge is 0.251 e. The van der Waals surface area contributed by atoms with Crippen molar-refractivity contribution in [2.75, 3.05) is 5.32 Å². The Bertz CT molecular complexity index is 1030. The topological polar surface area (TPSA) is 102 Å². The van der Waals surface area contributed by atoms with Gasteiger partial charge in [-0.1, -0.05) is 23.4 Å². The molecule has 1 unspecified atom stereocenters. The van der Waals surface area contributed by atoms with Crippen molar-refractivity contribution in [2.45, 2.75) is 44.3 Å². The Morgan fingerprint density at radius 3 is 2.63 bits per heavy atom. The molecule has 0 bridgehead atoms. The Kier molecular flexibility index (Phi) is 7.46. The fourth-order valence-electron chi connectivity index (χ4n) is 2.55. The van der Waals surface area contributed by atoms with Crippen LogP contribution in [0.25, 0.3) is 0 Å². The Hall–Kier alpha value is -2.43. The minimum Gasteiger partial charge on any atom is -0.345 e. The van der Waals surface area contributed by atoms with Crippen molar-refractivity contribution in [3.63, 3.8) is 0 Å². The highest BCUT2D eigenvalue weighted by Gasteiger charge is 2.21. The summed E-state index contributed by atoms with van der Waals surface area (Å²) in [6, 6.07) is 6.65. The molecule has 0 aliphatic heterocycles. The van der Waals surface area contributed by atoms with Gasteiger partial charge in [-0.25, -0.2) is 4.98 Å². The second-order valence-corrected chi connectivity index (χ2v) is 8.98. The molecule has 2 heterocycles. The molecule has 30 heavy (non-hydrogen) atoms. The number of thioether (sulfide) groups is 1. The van der Waals surface area contributed by atoms with Gasteiger partial charge in [0.1, 0.15) is 0 Å². The molecular formula is C19H21ClN6O2S2. The predicted octanol–water partition coefficient (Wildman–Crippen LogP) is 3.77. The zero-order valence-electron chi connectivity index (χ0n) is 16.7. The summed E-state index contributed by atoms with van der Waals surface area (Å²) in [5.74, 6) is 0.237. The van der Waals surface area contributed by atoms with Crippen LogP contribution in [0.5, 0.6) is 0 Å². The van der Waals surface area contributed by atoms with E-state index in [0.29, 0.717) is 33.2 Å². The Labute approximate surface area is 187 Å². The fourth-order valence-corrected chi connectivity index (χ4v) is 4.30. The molecule has 0 aliphatic carbocycles. The van der Waals surface area contributed by atoms with Gasteiger partial charge in [-0.15, -0.1) is 21.5 Å². The number of halogens is 1. The van der Waals surface area contributed by atoms with Gasteiger partial charge in [0.05, 0.1) is 17.5 Å². The summed E-state index contributed by atoms with van der Waals surface area (Å²) < 4.78 is 1.88. The van der Waals surface area contributed by atoms with Crippen LogP contribution in [0, 0.1) is 6.92 Å². The van der Waals surface area contributed by atoms with E-state index in [1.165, 1.54) is 23.1 Å². The van der Waals surface area contributed by atoms with Gasteiger partial charge < -0.3 is 15.2 Å². The number of rotatable bonds is 8. The summed E-state index contributed by atoms with van der Waals surface area (Å²) in [5, 5.41) is 17.3. The summed E-state index contributed by atoms with van der Waals surface area (Å²) in [5.41, 5.74) is 1.38. The highest BCUT2D eigenvalue weighted by Crippen LogP contribution is 2.24. The molecule has 0 fully saturated rings. The standard InChI is InChI=1S/C19H21ClN6O2S2/c1-4-26-15(9-21-17(28)13-5-7-14(20)8-6-13)24-25-19(26)30-12(3)16(27)23-18-22-11(2)10-29-18/h5-8,10,12H,4,9H2,1-3H3,(H,21,28)(H,22,23,27). The van der Waals surface area contributed by atoms with Crippen LogP contribution in [-0.2, 0) is 17.9 Å². The van der Waals surface area contributed by atoms with Crippen molar-refractivity contribution < 1.29 is 9.59 Å². The lowest BCUT2D eigenvalue weighted by molar-refractivity contribution is -0.115. The van der Waals surface area contributed by atoms with Crippen LogP contribution < -0.4 is 10.6 Å². The fraction of sp³-hybridized carbons (Fsp3) is 0.316.